The fourth-order valence-corrected chi connectivity index (χ4v) is 2.59. The van der Waals surface area contributed by atoms with Gasteiger partial charge in [-0.15, -0.1) is 0 Å². The maximum atomic E-state index is 11.6. The normalized spacial score (nSPS) is 18.7. The molecular weight excluding hydrogens is 232 g/mol. The number of methoxy groups -OCH3 is 1. The summed E-state index contributed by atoms with van der Waals surface area (Å²) in [5.74, 6) is 0.121. The molecule has 1 saturated carbocycles. The highest BCUT2D eigenvalue weighted by atomic mass is 16.5. The van der Waals surface area contributed by atoms with E-state index in [-0.39, 0.29) is 17.0 Å². The molecule has 0 atom stereocenters. The highest BCUT2D eigenvalue weighted by Crippen LogP contribution is 2.55. The van der Waals surface area contributed by atoms with Crippen molar-refractivity contribution in [1.82, 2.24) is 4.98 Å². The summed E-state index contributed by atoms with van der Waals surface area (Å²) in [5, 5.41) is 0. The monoisotopic (exact) mass is 246 g/mol. The van der Waals surface area contributed by atoms with E-state index in [1.165, 1.54) is 14.0 Å². The maximum absolute atomic E-state index is 11.6. The van der Waals surface area contributed by atoms with Crippen molar-refractivity contribution < 1.29 is 14.3 Å². The van der Waals surface area contributed by atoms with Gasteiger partial charge in [-0.3, -0.25) is 9.69 Å². The molecule has 1 fully saturated rings. The molecule has 0 N–H and O–H groups in total. The Morgan fingerprint density at radius 2 is 2.11 bits per heavy atom. The molecule has 5 nitrogen and oxygen atoms in total. The molecule has 2 aliphatic rings. The van der Waals surface area contributed by atoms with E-state index >= 15 is 0 Å². The van der Waals surface area contributed by atoms with Gasteiger partial charge in [0.1, 0.15) is 5.82 Å². The van der Waals surface area contributed by atoms with Gasteiger partial charge in [-0.1, -0.05) is 6.07 Å². The Hall–Kier alpha value is -1.91. The van der Waals surface area contributed by atoms with Gasteiger partial charge in [0.2, 0.25) is 5.91 Å². The molecule has 1 amide bonds. The summed E-state index contributed by atoms with van der Waals surface area (Å²) in [4.78, 5) is 29.1. The summed E-state index contributed by atoms with van der Waals surface area (Å²) in [6.07, 6.45) is 2.17. The minimum Gasteiger partial charge on any atom is -0.464 e. The molecule has 1 spiro atoms. The fourth-order valence-electron chi connectivity index (χ4n) is 2.59. The number of esters is 1. The first-order valence-corrected chi connectivity index (χ1v) is 5.95. The first-order valence-electron chi connectivity index (χ1n) is 5.95. The van der Waals surface area contributed by atoms with Crippen LogP contribution in [-0.4, -0.2) is 30.5 Å². The Kier molecular flexibility index (Phi) is 2.20. The summed E-state index contributed by atoms with van der Waals surface area (Å²) < 4.78 is 4.65. The van der Waals surface area contributed by atoms with Crippen molar-refractivity contribution in [3.05, 3.63) is 23.4 Å². The fraction of sp³-hybridized carbons (Fsp3) is 0.462. The smallest absolute Gasteiger partial charge is 0.356 e. The van der Waals surface area contributed by atoms with Gasteiger partial charge in [0.05, 0.1) is 7.11 Å². The highest BCUT2D eigenvalue weighted by molar-refractivity contribution is 5.95. The Balaban J connectivity index is 2.08. The van der Waals surface area contributed by atoms with Crippen LogP contribution in [-0.2, 0) is 14.9 Å². The van der Waals surface area contributed by atoms with Gasteiger partial charge in [0.25, 0.3) is 0 Å². The van der Waals surface area contributed by atoms with E-state index < -0.39 is 5.97 Å². The van der Waals surface area contributed by atoms with Crippen molar-refractivity contribution in [2.45, 2.75) is 25.2 Å². The second-order valence-electron chi connectivity index (χ2n) is 4.94. The number of amides is 1. The molecule has 18 heavy (non-hydrogen) atoms. The van der Waals surface area contributed by atoms with E-state index in [2.05, 4.69) is 9.72 Å². The van der Waals surface area contributed by atoms with Crippen LogP contribution in [0.5, 0.6) is 0 Å². The molecule has 0 saturated heterocycles. The van der Waals surface area contributed by atoms with Crippen LogP contribution in [0.3, 0.4) is 0 Å². The summed E-state index contributed by atoms with van der Waals surface area (Å²) in [6, 6.07) is 3.58. The second-order valence-corrected chi connectivity index (χ2v) is 4.94. The van der Waals surface area contributed by atoms with E-state index in [9.17, 15) is 9.59 Å². The number of aromatic nitrogens is 1. The van der Waals surface area contributed by atoms with Crippen molar-refractivity contribution in [3.63, 3.8) is 0 Å². The van der Waals surface area contributed by atoms with E-state index in [1.807, 2.05) is 6.07 Å². The molecule has 0 bridgehead atoms. The third kappa shape index (κ3) is 1.43. The van der Waals surface area contributed by atoms with E-state index in [4.69, 9.17) is 0 Å². The van der Waals surface area contributed by atoms with Crippen LogP contribution < -0.4 is 4.90 Å². The van der Waals surface area contributed by atoms with Crippen LogP contribution >= 0.6 is 0 Å². The molecule has 2 heterocycles. The molecule has 0 radical (unpaired) electrons. The highest BCUT2D eigenvalue weighted by Gasteiger charge is 2.53. The zero-order valence-electron chi connectivity index (χ0n) is 10.4. The minimum absolute atomic E-state index is 0.0328. The maximum Gasteiger partial charge on any atom is 0.356 e. The Bertz CT molecular complexity index is 549. The van der Waals surface area contributed by atoms with Crippen LogP contribution in [0.15, 0.2) is 12.1 Å². The SMILES string of the molecule is COC(=O)c1ccc2c(n1)N(C(C)=O)CC21CC1. The van der Waals surface area contributed by atoms with Crippen LogP contribution in [0.2, 0.25) is 0 Å². The van der Waals surface area contributed by atoms with Crippen LogP contribution in [0.1, 0.15) is 35.8 Å². The van der Waals surface area contributed by atoms with Gasteiger partial charge < -0.3 is 4.74 Å². The molecule has 1 aliphatic carbocycles. The second kappa shape index (κ2) is 3.54. The average Bonchev–Trinajstić information content (AvgIpc) is 3.06. The summed E-state index contributed by atoms with van der Waals surface area (Å²) >= 11 is 0. The topological polar surface area (TPSA) is 59.5 Å². The summed E-state index contributed by atoms with van der Waals surface area (Å²) in [5.41, 5.74) is 1.44. The van der Waals surface area contributed by atoms with Gasteiger partial charge in [0.15, 0.2) is 5.69 Å². The molecule has 5 heteroatoms. The number of carbonyl (C=O) groups excluding carboxylic acids is 2. The predicted octanol–water partition coefficient (Wildman–Crippen LogP) is 1.27. The lowest BCUT2D eigenvalue weighted by atomic mass is 10.0. The number of hydrogen-bond acceptors (Lipinski definition) is 4. The average molecular weight is 246 g/mol. The number of rotatable bonds is 1. The number of ether oxygens (including phenoxy) is 1. The van der Waals surface area contributed by atoms with Gasteiger partial charge in [-0.2, -0.15) is 0 Å². The third-order valence-electron chi connectivity index (χ3n) is 3.79. The van der Waals surface area contributed by atoms with Gasteiger partial charge >= 0.3 is 5.97 Å². The number of hydrogen-bond donors (Lipinski definition) is 0. The van der Waals surface area contributed by atoms with Crippen molar-refractivity contribution in [3.8, 4) is 0 Å². The zero-order valence-corrected chi connectivity index (χ0v) is 10.4. The lowest BCUT2D eigenvalue weighted by molar-refractivity contribution is -0.116. The van der Waals surface area contributed by atoms with Gasteiger partial charge in [-0.05, 0) is 18.9 Å². The first kappa shape index (κ1) is 11.2. The predicted molar refractivity (Wildman–Crippen MR) is 64.5 cm³/mol. The van der Waals surface area contributed by atoms with Crippen LogP contribution in [0.25, 0.3) is 0 Å². The lowest BCUT2D eigenvalue weighted by Crippen LogP contribution is -2.29. The van der Waals surface area contributed by atoms with Crippen molar-refractivity contribution >= 4 is 17.7 Å². The summed E-state index contributed by atoms with van der Waals surface area (Å²) in [6.45, 7) is 2.22. The molecular formula is C13H14N2O3. The molecule has 1 aliphatic heterocycles. The van der Waals surface area contributed by atoms with Crippen molar-refractivity contribution in [2.24, 2.45) is 0 Å². The standard InChI is InChI=1S/C13H14N2O3/c1-8(16)15-7-13(5-6-13)9-3-4-10(12(17)18-2)14-11(9)15/h3-4H,5-7H2,1-2H3. The first-order chi connectivity index (χ1) is 8.57. The van der Waals surface area contributed by atoms with E-state index in [0.717, 1.165) is 18.4 Å². The Labute approximate surface area is 105 Å². The molecule has 1 aromatic rings. The third-order valence-corrected chi connectivity index (χ3v) is 3.79. The lowest BCUT2D eigenvalue weighted by Gasteiger charge is -2.14. The minimum atomic E-state index is -0.474. The Morgan fingerprint density at radius 1 is 1.39 bits per heavy atom. The van der Waals surface area contributed by atoms with Crippen molar-refractivity contribution in [2.75, 3.05) is 18.6 Å². The molecule has 1 aromatic heterocycles. The quantitative estimate of drug-likeness (QED) is 0.700. The van der Waals surface area contributed by atoms with Crippen LogP contribution in [0, 0.1) is 0 Å². The van der Waals surface area contributed by atoms with E-state index in [0.29, 0.717) is 12.4 Å². The number of anilines is 1. The number of fused-ring (bicyclic) bond motifs is 2. The van der Waals surface area contributed by atoms with Crippen molar-refractivity contribution in [1.29, 1.82) is 0 Å². The molecule has 0 aromatic carbocycles. The number of carbonyl (C=O) groups is 2. The number of nitrogens with zero attached hydrogens (tertiary/aromatic N) is 2. The molecule has 3 rings (SSSR count). The van der Waals surface area contributed by atoms with Crippen LogP contribution in [0.4, 0.5) is 5.82 Å². The zero-order chi connectivity index (χ0) is 12.9. The Morgan fingerprint density at radius 3 is 2.67 bits per heavy atom. The van der Waals surface area contributed by atoms with Gasteiger partial charge in [-0.25, -0.2) is 9.78 Å². The van der Waals surface area contributed by atoms with Gasteiger partial charge in [0, 0.05) is 24.4 Å². The summed E-state index contributed by atoms with van der Waals surface area (Å²) in [7, 11) is 1.32. The number of pyridine rings is 1. The van der Waals surface area contributed by atoms with E-state index in [1.54, 1.807) is 11.0 Å². The largest absolute Gasteiger partial charge is 0.464 e. The molecule has 0 unspecified atom stereocenters. The molecule has 94 valence electrons.